The lowest BCUT2D eigenvalue weighted by Crippen LogP contribution is -2.36. The fraction of sp³-hybridized carbons (Fsp3) is 0.200. The third-order valence-corrected chi connectivity index (χ3v) is 1.69. The summed E-state index contributed by atoms with van der Waals surface area (Å²) in [5.74, 6) is -1.98. The van der Waals surface area contributed by atoms with Crippen LogP contribution >= 0.6 is 0 Å². The highest BCUT2D eigenvalue weighted by Gasteiger charge is 2.14. The molecule has 1 unspecified atom stereocenters. The number of carbonyl (C=O) groups excluding carboxylic acids is 1. The van der Waals surface area contributed by atoms with Crippen LogP contribution in [0.25, 0.3) is 0 Å². The van der Waals surface area contributed by atoms with Crippen LogP contribution in [0.1, 0.15) is 11.7 Å². The fourth-order valence-corrected chi connectivity index (χ4v) is 0.906. The Morgan fingerprint density at radius 3 is 2.80 bits per heavy atom. The quantitative estimate of drug-likeness (QED) is 0.645. The van der Waals surface area contributed by atoms with Gasteiger partial charge in [-0.05, 0) is 12.1 Å². The molecule has 5 nitrogen and oxygen atoms in total. The molecule has 3 N–H and O–H groups in total. The number of nitrogens with one attached hydrogen (secondary N) is 1. The van der Waals surface area contributed by atoms with Gasteiger partial charge in [-0.3, -0.25) is 4.79 Å². The maximum Gasteiger partial charge on any atom is 0.334 e. The third-order valence-electron chi connectivity index (χ3n) is 1.69. The van der Waals surface area contributed by atoms with Gasteiger partial charge in [-0.2, -0.15) is 0 Å². The van der Waals surface area contributed by atoms with Crippen molar-refractivity contribution in [1.82, 2.24) is 5.32 Å². The van der Waals surface area contributed by atoms with Crippen LogP contribution in [0.4, 0.5) is 0 Å². The summed E-state index contributed by atoms with van der Waals surface area (Å²) < 4.78 is 7.43. The Morgan fingerprint density at radius 2 is 2.20 bits per heavy atom. The minimum Gasteiger partial charge on any atom is -0.479 e. The number of aliphatic hydroxyl groups is 1. The molecule has 80 valence electrons. The summed E-state index contributed by atoms with van der Waals surface area (Å²) in [6.07, 6.45) is -1.64. The van der Waals surface area contributed by atoms with Gasteiger partial charge in [-0.15, -0.1) is 0 Å². The van der Waals surface area contributed by atoms with Gasteiger partial charge in [-0.25, -0.2) is 4.79 Å². The average Bonchev–Trinajstić information content (AvgIpc) is 2.25. The number of amides is 1. The molecule has 1 aromatic rings. The predicted octanol–water partition coefficient (Wildman–Crippen LogP) is -0.138. The maximum absolute atomic E-state index is 11.5. The standard InChI is InChI=1S/C10H11NO4/c12-8(10(14)15)6-11-9(13)7-4-2-1-3-5-7/h1-5,8,12H,6H2,(H,11,13)(H,14,15)/i4D. The maximum atomic E-state index is 11.5. The summed E-state index contributed by atoms with van der Waals surface area (Å²) in [6, 6.07) is 6.16. The third kappa shape index (κ3) is 3.40. The molecule has 1 aromatic carbocycles. The molecular weight excluding hydrogens is 198 g/mol. The van der Waals surface area contributed by atoms with E-state index in [0.717, 1.165) is 0 Å². The second kappa shape index (κ2) is 5.11. The van der Waals surface area contributed by atoms with Crippen LogP contribution in [-0.4, -0.2) is 34.7 Å². The zero-order valence-corrected chi connectivity index (χ0v) is 7.80. The predicted molar refractivity (Wildman–Crippen MR) is 52.4 cm³/mol. The first kappa shape index (κ1) is 9.67. The van der Waals surface area contributed by atoms with Gasteiger partial charge in [-0.1, -0.05) is 18.2 Å². The number of hydrogen-bond donors (Lipinski definition) is 3. The van der Waals surface area contributed by atoms with E-state index in [4.69, 9.17) is 11.6 Å². The summed E-state index contributed by atoms with van der Waals surface area (Å²) in [5, 5.41) is 19.5. The highest BCUT2D eigenvalue weighted by Crippen LogP contribution is 1.97. The zero-order valence-electron chi connectivity index (χ0n) is 8.80. The Kier molecular flexibility index (Phi) is 3.30. The van der Waals surface area contributed by atoms with Crippen molar-refractivity contribution in [3.8, 4) is 0 Å². The summed E-state index contributed by atoms with van der Waals surface area (Å²) >= 11 is 0. The van der Waals surface area contributed by atoms with Crippen molar-refractivity contribution in [3.63, 3.8) is 0 Å². The van der Waals surface area contributed by atoms with Crippen LogP contribution in [0.2, 0.25) is 0 Å². The molecule has 0 aliphatic carbocycles. The zero-order chi connectivity index (χ0) is 12.1. The lowest BCUT2D eigenvalue weighted by Gasteiger charge is -2.07. The Balaban J connectivity index is 2.60. The number of carbonyl (C=O) groups is 2. The molecule has 0 heterocycles. The van der Waals surface area contributed by atoms with E-state index in [1.165, 1.54) is 12.1 Å². The number of aliphatic carboxylic acids is 1. The minimum absolute atomic E-state index is 0.0461. The lowest BCUT2D eigenvalue weighted by atomic mass is 10.2. The van der Waals surface area contributed by atoms with Gasteiger partial charge in [0.1, 0.15) is 0 Å². The highest BCUT2D eigenvalue weighted by molar-refractivity contribution is 5.94. The molecule has 0 aromatic heterocycles. The van der Waals surface area contributed by atoms with E-state index in [2.05, 4.69) is 5.32 Å². The Bertz CT molecular complexity index is 408. The molecule has 15 heavy (non-hydrogen) atoms. The first-order chi connectivity index (χ1) is 7.52. The molecule has 5 heteroatoms. The van der Waals surface area contributed by atoms with Crippen molar-refractivity contribution in [2.75, 3.05) is 6.54 Å². The number of carboxylic acids is 1. The molecule has 0 saturated heterocycles. The molecule has 0 aliphatic rings. The first-order valence-electron chi connectivity index (χ1n) is 4.77. The van der Waals surface area contributed by atoms with Crippen molar-refractivity contribution >= 4 is 11.9 Å². The van der Waals surface area contributed by atoms with Crippen LogP contribution in [-0.2, 0) is 4.79 Å². The molecule has 0 radical (unpaired) electrons. The molecule has 0 spiro atoms. The molecule has 0 aliphatic heterocycles. The van der Waals surface area contributed by atoms with E-state index in [9.17, 15) is 9.59 Å². The average molecular weight is 210 g/mol. The van der Waals surface area contributed by atoms with Gasteiger partial charge >= 0.3 is 5.97 Å². The van der Waals surface area contributed by atoms with Crippen LogP contribution in [0.5, 0.6) is 0 Å². The van der Waals surface area contributed by atoms with Crippen molar-refractivity contribution < 1.29 is 21.2 Å². The number of aliphatic hydroxyl groups excluding tert-OH is 1. The number of carboxylic acid groups (broad SMARTS) is 1. The molecule has 0 bridgehead atoms. The van der Waals surface area contributed by atoms with Gasteiger partial charge < -0.3 is 15.5 Å². The normalized spacial score (nSPS) is 12.7. The SMILES string of the molecule is [2H]c1ccccc1C(=O)NCC(O)C(=O)O. The summed E-state index contributed by atoms with van der Waals surface area (Å²) in [6.45, 7) is -0.386. The van der Waals surface area contributed by atoms with E-state index in [0.29, 0.717) is 0 Å². The first-order valence-corrected chi connectivity index (χ1v) is 4.27. The van der Waals surface area contributed by atoms with Gasteiger partial charge in [0.15, 0.2) is 6.10 Å². The van der Waals surface area contributed by atoms with Crippen LogP contribution in [0, 0.1) is 0 Å². The van der Waals surface area contributed by atoms with E-state index >= 15 is 0 Å². The van der Waals surface area contributed by atoms with Crippen LogP contribution < -0.4 is 5.32 Å². The number of rotatable bonds is 4. The summed E-state index contributed by atoms with van der Waals surface area (Å²) in [5.41, 5.74) is 0.139. The van der Waals surface area contributed by atoms with E-state index in [1.54, 1.807) is 12.1 Å². The molecular formula is C10H11NO4. The van der Waals surface area contributed by atoms with Gasteiger partial charge in [0.2, 0.25) is 0 Å². The van der Waals surface area contributed by atoms with Gasteiger partial charge in [0.05, 0.1) is 7.92 Å². The molecule has 0 saturated carbocycles. The number of benzene rings is 1. The van der Waals surface area contributed by atoms with E-state index < -0.39 is 18.0 Å². The topological polar surface area (TPSA) is 86.6 Å². The lowest BCUT2D eigenvalue weighted by molar-refractivity contribution is -0.146. The summed E-state index contributed by atoms with van der Waals surface area (Å²) in [7, 11) is 0. The largest absolute Gasteiger partial charge is 0.479 e. The smallest absolute Gasteiger partial charge is 0.334 e. The molecule has 1 atom stereocenters. The highest BCUT2D eigenvalue weighted by atomic mass is 16.4. The van der Waals surface area contributed by atoms with Gasteiger partial charge in [0.25, 0.3) is 5.91 Å². The Morgan fingerprint density at radius 1 is 1.47 bits per heavy atom. The monoisotopic (exact) mass is 210 g/mol. The van der Waals surface area contributed by atoms with Crippen molar-refractivity contribution in [2.24, 2.45) is 0 Å². The van der Waals surface area contributed by atoms with Crippen molar-refractivity contribution in [3.05, 3.63) is 35.9 Å². The second-order valence-corrected chi connectivity index (χ2v) is 2.84. The Hall–Kier alpha value is -1.88. The molecule has 1 amide bonds. The van der Waals surface area contributed by atoms with Crippen LogP contribution in [0.15, 0.2) is 30.3 Å². The van der Waals surface area contributed by atoms with Gasteiger partial charge in [0, 0.05) is 5.56 Å². The second-order valence-electron chi connectivity index (χ2n) is 2.84. The van der Waals surface area contributed by atoms with Crippen molar-refractivity contribution in [1.29, 1.82) is 0 Å². The van der Waals surface area contributed by atoms with E-state index in [1.807, 2.05) is 0 Å². The minimum atomic E-state index is -1.64. The fourth-order valence-electron chi connectivity index (χ4n) is 0.906. The molecule has 0 fully saturated rings. The summed E-state index contributed by atoms with van der Waals surface area (Å²) in [4.78, 5) is 21.7. The van der Waals surface area contributed by atoms with E-state index in [-0.39, 0.29) is 18.2 Å². The number of hydrogen-bond acceptors (Lipinski definition) is 3. The Labute approximate surface area is 87.8 Å². The van der Waals surface area contributed by atoms with Crippen molar-refractivity contribution in [2.45, 2.75) is 6.10 Å². The van der Waals surface area contributed by atoms with Crippen LogP contribution in [0.3, 0.4) is 0 Å². The molecule has 1 rings (SSSR count).